The zero-order valence-corrected chi connectivity index (χ0v) is 16.3. The van der Waals surface area contributed by atoms with Gasteiger partial charge in [0.25, 0.3) is 0 Å². The van der Waals surface area contributed by atoms with Crippen LogP contribution in [0.5, 0.6) is 0 Å². The fourth-order valence-electron chi connectivity index (χ4n) is 3.16. The van der Waals surface area contributed by atoms with Gasteiger partial charge in [-0.1, -0.05) is 29.1 Å². The van der Waals surface area contributed by atoms with Crippen molar-refractivity contribution in [2.45, 2.75) is 47.5 Å². The van der Waals surface area contributed by atoms with Crippen molar-refractivity contribution in [2.24, 2.45) is 5.16 Å². The largest absolute Gasteiger partial charge is 0.411 e. The molecule has 1 aliphatic heterocycles. The van der Waals surface area contributed by atoms with Crippen molar-refractivity contribution in [1.82, 2.24) is 0 Å². The van der Waals surface area contributed by atoms with E-state index < -0.39 is 0 Å². The maximum Gasteiger partial charge on any atom is 0.0982 e. The summed E-state index contributed by atoms with van der Waals surface area (Å²) in [5.74, 6) is 0. The Morgan fingerprint density at radius 3 is 2.80 bits per heavy atom. The molecule has 0 radical (unpaired) electrons. The molecule has 0 amide bonds. The highest BCUT2D eigenvalue weighted by Crippen LogP contribution is 2.42. The van der Waals surface area contributed by atoms with Gasteiger partial charge in [-0.3, -0.25) is 0 Å². The molecule has 6 heteroatoms. The molecule has 1 aromatic heterocycles. The summed E-state index contributed by atoms with van der Waals surface area (Å²) in [6.45, 7) is 4.63. The van der Waals surface area contributed by atoms with Crippen LogP contribution in [0.2, 0.25) is 0 Å². The predicted octanol–water partition coefficient (Wildman–Crippen LogP) is 5.14. The standard InChI is InChI=1S/C19H23NO3S2/c1-13-11-19(22-3,8-9-23-13)16-10-18(24-12-16)25-17-6-4-15(5-7-17)14(2)20-21/h4-7,10,12-13,21H,8-9,11H2,1-3H3/t13-,19+/m0/s1. The van der Waals surface area contributed by atoms with Crippen LogP contribution in [0.25, 0.3) is 0 Å². The summed E-state index contributed by atoms with van der Waals surface area (Å²) in [5, 5.41) is 14.3. The quantitative estimate of drug-likeness (QED) is 0.445. The molecule has 2 aromatic rings. The fraction of sp³-hybridized carbons (Fsp3) is 0.421. The second-order valence-electron chi connectivity index (χ2n) is 6.30. The molecule has 134 valence electrons. The van der Waals surface area contributed by atoms with Gasteiger partial charge in [-0.05, 0) is 48.6 Å². The number of hydrogen-bond acceptors (Lipinski definition) is 6. The molecule has 1 fully saturated rings. The van der Waals surface area contributed by atoms with Gasteiger partial charge in [-0.25, -0.2) is 0 Å². The highest BCUT2D eigenvalue weighted by molar-refractivity contribution is 8.01. The van der Waals surface area contributed by atoms with E-state index in [9.17, 15) is 0 Å². The van der Waals surface area contributed by atoms with Crippen molar-refractivity contribution in [2.75, 3.05) is 13.7 Å². The number of thiophene rings is 1. The Labute approximate surface area is 156 Å². The number of methoxy groups -OCH3 is 1. The van der Waals surface area contributed by atoms with Crippen LogP contribution in [-0.2, 0) is 15.1 Å². The molecular formula is C19H23NO3S2. The molecule has 3 rings (SSSR count). The Hall–Kier alpha value is -1.34. The SMILES string of the molecule is CO[C@]1(c2csc(Sc3ccc(C(C)=NO)cc3)c2)CCO[C@@H](C)C1. The summed E-state index contributed by atoms with van der Waals surface area (Å²) >= 11 is 3.49. The molecule has 0 spiro atoms. The van der Waals surface area contributed by atoms with Gasteiger partial charge in [0.15, 0.2) is 0 Å². The number of hydrogen-bond donors (Lipinski definition) is 1. The molecule has 0 bridgehead atoms. The van der Waals surface area contributed by atoms with Gasteiger partial charge in [0.2, 0.25) is 0 Å². The predicted molar refractivity (Wildman–Crippen MR) is 102 cm³/mol. The third-order valence-corrected chi connectivity index (χ3v) is 6.75. The van der Waals surface area contributed by atoms with E-state index in [1.54, 1.807) is 37.1 Å². The van der Waals surface area contributed by atoms with Gasteiger partial charge in [0.05, 0.1) is 28.2 Å². The molecule has 1 aliphatic rings. The molecule has 4 nitrogen and oxygen atoms in total. The summed E-state index contributed by atoms with van der Waals surface area (Å²) in [4.78, 5) is 1.16. The maximum absolute atomic E-state index is 8.85. The van der Waals surface area contributed by atoms with Gasteiger partial charge in [-0.15, -0.1) is 11.3 Å². The van der Waals surface area contributed by atoms with Crippen LogP contribution >= 0.6 is 23.1 Å². The smallest absolute Gasteiger partial charge is 0.0982 e. The van der Waals surface area contributed by atoms with Crippen LogP contribution in [0.1, 0.15) is 37.8 Å². The van der Waals surface area contributed by atoms with E-state index in [1.165, 1.54) is 9.77 Å². The van der Waals surface area contributed by atoms with E-state index >= 15 is 0 Å². The number of ether oxygens (including phenoxy) is 2. The van der Waals surface area contributed by atoms with Crippen molar-refractivity contribution in [3.05, 3.63) is 46.8 Å². The minimum absolute atomic E-state index is 0.216. The van der Waals surface area contributed by atoms with Crippen LogP contribution in [0.15, 0.2) is 50.0 Å². The molecule has 2 heterocycles. The van der Waals surface area contributed by atoms with E-state index in [1.807, 2.05) is 12.1 Å². The van der Waals surface area contributed by atoms with E-state index in [2.05, 4.69) is 35.7 Å². The number of oxime groups is 1. The molecule has 0 saturated carbocycles. The summed E-state index contributed by atoms with van der Waals surface area (Å²) in [6, 6.07) is 10.3. The Morgan fingerprint density at radius 1 is 1.40 bits per heavy atom. The zero-order chi connectivity index (χ0) is 17.9. The third-order valence-electron chi connectivity index (χ3n) is 4.66. The number of benzene rings is 1. The average molecular weight is 378 g/mol. The minimum atomic E-state index is -0.231. The second-order valence-corrected chi connectivity index (χ2v) is 8.59. The highest BCUT2D eigenvalue weighted by Gasteiger charge is 2.38. The van der Waals surface area contributed by atoms with Crippen LogP contribution in [0, 0.1) is 0 Å². The van der Waals surface area contributed by atoms with E-state index in [0.29, 0.717) is 5.71 Å². The van der Waals surface area contributed by atoms with E-state index in [-0.39, 0.29) is 11.7 Å². The molecule has 0 aliphatic carbocycles. The average Bonchev–Trinajstić information content (AvgIpc) is 3.10. The van der Waals surface area contributed by atoms with Gasteiger partial charge < -0.3 is 14.7 Å². The van der Waals surface area contributed by atoms with Gasteiger partial charge in [0.1, 0.15) is 0 Å². The Morgan fingerprint density at radius 2 is 2.16 bits per heavy atom. The Bertz CT molecular complexity index is 741. The first-order valence-electron chi connectivity index (χ1n) is 8.29. The van der Waals surface area contributed by atoms with E-state index in [4.69, 9.17) is 14.7 Å². The summed E-state index contributed by atoms with van der Waals surface area (Å²) in [7, 11) is 1.80. The van der Waals surface area contributed by atoms with Crippen LogP contribution in [0.3, 0.4) is 0 Å². The van der Waals surface area contributed by atoms with Crippen molar-refractivity contribution in [3.63, 3.8) is 0 Å². The van der Waals surface area contributed by atoms with Crippen LogP contribution in [-0.4, -0.2) is 30.7 Å². The first-order chi connectivity index (χ1) is 12.1. The van der Waals surface area contributed by atoms with Crippen molar-refractivity contribution >= 4 is 28.8 Å². The van der Waals surface area contributed by atoms with E-state index in [0.717, 1.165) is 29.9 Å². The zero-order valence-electron chi connectivity index (χ0n) is 14.7. The molecule has 2 atom stereocenters. The second kappa shape index (κ2) is 7.91. The Kier molecular flexibility index (Phi) is 5.84. The molecule has 1 saturated heterocycles. The molecular weight excluding hydrogens is 354 g/mol. The molecule has 1 aromatic carbocycles. The lowest BCUT2D eigenvalue weighted by molar-refractivity contribution is -0.122. The molecule has 0 unspecified atom stereocenters. The first kappa shape index (κ1) is 18.5. The normalized spacial score (nSPS) is 24.4. The number of nitrogens with zero attached hydrogens (tertiary/aromatic N) is 1. The third kappa shape index (κ3) is 4.08. The van der Waals surface area contributed by atoms with Gasteiger partial charge in [-0.2, -0.15) is 0 Å². The van der Waals surface area contributed by atoms with Crippen molar-refractivity contribution in [3.8, 4) is 0 Å². The lowest BCUT2D eigenvalue weighted by Crippen LogP contribution is -2.38. The Balaban J connectivity index is 1.75. The monoisotopic (exact) mass is 377 g/mol. The summed E-state index contributed by atoms with van der Waals surface area (Å²) < 4.78 is 12.9. The summed E-state index contributed by atoms with van der Waals surface area (Å²) in [5.41, 5.74) is 2.56. The van der Waals surface area contributed by atoms with Gasteiger partial charge >= 0.3 is 0 Å². The fourth-order valence-corrected chi connectivity index (χ4v) is 5.20. The van der Waals surface area contributed by atoms with Crippen molar-refractivity contribution < 1.29 is 14.7 Å². The molecule has 25 heavy (non-hydrogen) atoms. The molecule has 1 N–H and O–H groups in total. The summed E-state index contributed by atoms with van der Waals surface area (Å²) in [6.07, 6.45) is 2.00. The maximum atomic E-state index is 8.85. The number of rotatable bonds is 5. The van der Waals surface area contributed by atoms with Gasteiger partial charge in [0, 0.05) is 24.8 Å². The minimum Gasteiger partial charge on any atom is -0.411 e. The van der Waals surface area contributed by atoms with Crippen LogP contribution in [0.4, 0.5) is 0 Å². The topological polar surface area (TPSA) is 51.0 Å². The lowest BCUT2D eigenvalue weighted by Gasteiger charge is -2.38. The lowest BCUT2D eigenvalue weighted by atomic mass is 9.85. The van der Waals surface area contributed by atoms with Crippen molar-refractivity contribution in [1.29, 1.82) is 0 Å². The first-order valence-corrected chi connectivity index (χ1v) is 9.98. The highest BCUT2D eigenvalue weighted by atomic mass is 32.2. The van der Waals surface area contributed by atoms with Crippen LogP contribution < -0.4 is 0 Å².